The summed E-state index contributed by atoms with van der Waals surface area (Å²) in [5, 5.41) is 6.95. The zero-order chi connectivity index (χ0) is 14.8. The molecule has 3 aromatic rings. The Bertz CT molecular complexity index is 774. The highest BCUT2D eigenvalue weighted by atomic mass is 35.5. The van der Waals surface area contributed by atoms with Crippen molar-refractivity contribution < 1.29 is 4.39 Å². The first-order chi connectivity index (χ1) is 10.2. The molecule has 0 aliphatic rings. The van der Waals surface area contributed by atoms with E-state index in [1.807, 2.05) is 0 Å². The largest absolute Gasteiger partial charge is 0.357 e. The maximum absolute atomic E-state index is 13.3. The van der Waals surface area contributed by atoms with Crippen molar-refractivity contribution in [1.29, 1.82) is 0 Å². The van der Waals surface area contributed by atoms with E-state index in [0.717, 1.165) is 0 Å². The van der Waals surface area contributed by atoms with Crippen LogP contribution in [0.1, 0.15) is 0 Å². The summed E-state index contributed by atoms with van der Waals surface area (Å²) in [4.78, 5) is 12.8. The second kappa shape index (κ2) is 5.45. The molecule has 0 aliphatic heterocycles. The van der Waals surface area contributed by atoms with E-state index in [4.69, 9.17) is 11.6 Å². The first kappa shape index (κ1) is 13.4. The van der Waals surface area contributed by atoms with Gasteiger partial charge in [0.1, 0.15) is 5.82 Å². The van der Waals surface area contributed by atoms with Crippen LogP contribution in [0.4, 0.5) is 10.3 Å². The van der Waals surface area contributed by atoms with Crippen LogP contribution in [0.25, 0.3) is 17.3 Å². The Morgan fingerprint density at radius 2 is 2.10 bits per heavy atom. The van der Waals surface area contributed by atoms with Gasteiger partial charge in [-0.1, -0.05) is 11.6 Å². The Labute approximate surface area is 124 Å². The van der Waals surface area contributed by atoms with Crippen LogP contribution < -0.4 is 5.32 Å². The number of hydrogen-bond acceptors (Lipinski definition) is 5. The molecule has 1 N–H and O–H groups in total. The standard InChI is InChI=1S/C13H10ClFN6/c1-16-12-18-11(8-3-4-10(15)9(14)7-8)19-13(20-12)21-6-2-5-17-21/h2-7H,1H3,(H,16,18,19,20). The molecule has 0 amide bonds. The minimum absolute atomic E-state index is 0.0135. The molecule has 3 rings (SSSR count). The molecular weight excluding hydrogens is 295 g/mol. The molecule has 0 bridgehead atoms. The molecule has 0 fully saturated rings. The van der Waals surface area contributed by atoms with Crippen LogP contribution in [-0.4, -0.2) is 31.8 Å². The lowest BCUT2D eigenvalue weighted by molar-refractivity contribution is 0.628. The molecule has 0 unspecified atom stereocenters. The molecule has 8 heteroatoms. The second-order valence-corrected chi connectivity index (χ2v) is 4.52. The van der Waals surface area contributed by atoms with E-state index in [9.17, 15) is 4.39 Å². The number of nitrogens with zero attached hydrogens (tertiary/aromatic N) is 5. The van der Waals surface area contributed by atoms with Gasteiger partial charge in [0.25, 0.3) is 5.95 Å². The summed E-state index contributed by atoms with van der Waals surface area (Å²) < 4.78 is 14.8. The van der Waals surface area contributed by atoms with Crippen LogP contribution in [0.3, 0.4) is 0 Å². The highest BCUT2D eigenvalue weighted by Crippen LogP contribution is 2.23. The number of anilines is 1. The number of benzene rings is 1. The van der Waals surface area contributed by atoms with Crippen molar-refractivity contribution in [2.45, 2.75) is 0 Å². The van der Waals surface area contributed by atoms with E-state index in [1.165, 1.54) is 16.8 Å². The van der Waals surface area contributed by atoms with Gasteiger partial charge >= 0.3 is 0 Å². The van der Waals surface area contributed by atoms with Crippen LogP contribution in [-0.2, 0) is 0 Å². The van der Waals surface area contributed by atoms with Gasteiger partial charge < -0.3 is 5.32 Å². The number of nitrogens with one attached hydrogen (secondary N) is 1. The molecule has 1 aromatic carbocycles. The molecule has 0 radical (unpaired) electrons. The molecule has 21 heavy (non-hydrogen) atoms. The molecule has 2 aromatic heterocycles. The van der Waals surface area contributed by atoms with Gasteiger partial charge in [0.2, 0.25) is 5.95 Å². The molecule has 0 saturated carbocycles. The van der Waals surface area contributed by atoms with Crippen molar-refractivity contribution in [2.75, 3.05) is 12.4 Å². The first-order valence-electron chi connectivity index (χ1n) is 6.06. The first-order valence-corrected chi connectivity index (χ1v) is 6.44. The van der Waals surface area contributed by atoms with Crippen LogP contribution in [0, 0.1) is 5.82 Å². The molecule has 106 valence electrons. The van der Waals surface area contributed by atoms with Gasteiger partial charge in [-0.2, -0.15) is 20.1 Å². The lowest BCUT2D eigenvalue weighted by Gasteiger charge is -2.07. The zero-order valence-corrected chi connectivity index (χ0v) is 11.7. The van der Waals surface area contributed by atoms with E-state index in [1.54, 1.807) is 31.6 Å². The van der Waals surface area contributed by atoms with Gasteiger partial charge in [0, 0.05) is 25.0 Å². The van der Waals surface area contributed by atoms with E-state index < -0.39 is 5.82 Å². The average molecular weight is 305 g/mol. The fourth-order valence-corrected chi connectivity index (χ4v) is 1.91. The lowest BCUT2D eigenvalue weighted by atomic mass is 10.2. The Hall–Kier alpha value is -2.54. The normalized spacial score (nSPS) is 10.6. The van der Waals surface area contributed by atoms with Crippen LogP contribution in [0.2, 0.25) is 5.02 Å². The highest BCUT2D eigenvalue weighted by Gasteiger charge is 2.11. The average Bonchev–Trinajstić information content (AvgIpc) is 3.04. The van der Waals surface area contributed by atoms with Crippen molar-refractivity contribution in [2.24, 2.45) is 0 Å². The SMILES string of the molecule is CNc1nc(-c2ccc(F)c(Cl)c2)nc(-n2cccn2)n1. The summed E-state index contributed by atoms with van der Waals surface area (Å²) in [6, 6.07) is 6.06. The van der Waals surface area contributed by atoms with Gasteiger partial charge in [-0.25, -0.2) is 9.07 Å². The summed E-state index contributed by atoms with van der Waals surface area (Å²) in [7, 11) is 1.70. The van der Waals surface area contributed by atoms with Gasteiger partial charge in [0.05, 0.1) is 5.02 Å². The maximum atomic E-state index is 13.3. The third-order valence-corrected chi connectivity index (χ3v) is 3.02. The third kappa shape index (κ3) is 2.68. The highest BCUT2D eigenvalue weighted by molar-refractivity contribution is 6.31. The fraction of sp³-hybridized carbons (Fsp3) is 0.0769. The minimum atomic E-state index is -0.490. The van der Waals surface area contributed by atoms with Gasteiger partial charge in [-0.15, -0.1) is 0 Å². The van der Waals surface area contributed by atoms with Crippen molar-refractivity contribution >= 4 is 17.5 Å². The molecule has 0 saturated heterocycles. The van der Waals surface area contributed by atoms with E-state index in [0.29, 0.717) is 23.3 Å². The zero-order valence-electron chi connectivity index (χ0n) is 11.0. The van der Waals surface area contributed by atoms with E-state index in [2.05, 4.69) is 25.4 Å². The Morgan fingerprint density at radius 1 is 1.24 bits per heavy atom. The maximum Gasteiger partial charge on any atom is 0.255 e. The van der Waals surface area contributed by atoms with Gasteiger partial charge in [-0.3, -0.25) is 0 Å². The van der Waals surface area contributed by atoms with Crippen molar-refractivity contribution in [3.63, 3.8) is 0 Å². The monoisotopic (exact) mass is 304 g/mol. The van der Waals surface area contributed by atoms with Gasteiger partial charge in [0.15, 0.2) is 5.82 Å². The van der Waals surface area contributed by atoms with Crippen molar-refractivity contribution in [3.05, 3.63) is 47.5 Å². The summed E-state index contributed by atoms with van der Waals surface area (Å²) in [5.41, 5.74) is 0.591. The van der Waals surface area contributed by atoms with Gasteiger partial charge in [-0.05, 0) is 24.3 Å². The molecule has 2 heterocycles. The number of aromatic nitrogens is 5. The summed E-state index contributed by atoms with van der Waals surface area (Å²) >= 11 is 5.80. The molecule has 0 aliphatic carbocycles. The smallest absolute Gasteiger partial charge is 0.255 e. The Kier molecular flexibility index (Phi) is 3.49. The van der Waals surface area contributed by atoms with Crippen LogP contribution >= 0.6 is 11.6 Å². The van der Waals surface area contributed by atoms with Crippen LogP contribution in [0.5, 0.6) is 0 Å². The predicted molar refractivity (Wildman–Crippen MR) is 76.9 cm³/mol. The Morgan fingerprint density at radius 3 is 2.76 bits per heavy atom. The Balaban J connectivity index is 2.13. The molecule has 0 atom stereocenters. The summed E-state index contributed by atoms with van der Waals surface area (Å²) in [5.74, 6) is 0.623. The summed E-state index contributed by atoms with van der Waals surface area (Å²) in [6.07, 6.45) is 3.34. The third-order valence-electron chi connectivity index (χ3n) is 2.73. The number of rotatable bonds is 3. The molecule has 0 spiro atoms. The second-order valence-electron chi connectivity index (χ2n) is 4.11. The van der Waals surface area contributed by atoms with Crippen molar-refractivity contribution in [3.8, 4) is 17.3 Å². The number of hydrogen-bond donors (Lipinski definition) is 1. The van der Waals surface area contributed by atoms with E-state index in [-0.39, 0.29) is 5.02 Å². The number of halogens is 2. The van der Waals surface area contributed by atoms with Crippen LogP contribution in [0.15, 0.2) is 36.7 Å². The predicted octanol–water partition coefficient (Wildman–Crippen LogP) is 2.56. The van der Waals surface area contributed by atoms with Crippen molar-refractivity contribution in [1.82, 2.24) is 24.7 Å². The molecule has 6 nitrogen and oxygen atoms in total. The minimum Gasteiger partial charge on any atom is -0.357 e. The fourth-order valence-electron chi connectivity index (χ4n) is 1.73. The summed E-state index contributed by atoms with van der Waals surface area (Å²) in [6.45, 7) is 0. The lowest BCUT2D eigenvalue weighted by Crippen LogP contribution is -2.08. The quantitative estimate of drug-likeness (QED) is 0.805. The molecular formula is C13H10ClFN6. The van der Waals surface area contributed by atoms with E-state index >= 15 is 0 Å². The topological polar surface area (TPSA) is 68.5 Å².